The molecule has 35 heavy (non-hydrogen) atoms. The highest BCUT2D eigenvalue weighted by Crippen LogP contribution is 2.26. The van der Waals surface area contributed by atoms with E-state index in [9.17, 15) is 14.0 Å². The van der Waals surface area contributed by atoms with E-state index in [4.69, 9.17) is 0 Å². The van der Waals surface area contributed by atoms with Gasteiger partial charge in [0.25, 0.3) is 5.91 Å². The number of aromatic nitrogens is 3. The zero-order chi connectivity index (χ0) is 25.5. The van der Waals surface area contributed by atoms with E-state index in [0.717, 1.165) is 11.1 Å². The minimum atomic E-state index is -0.415. The number of nitrogens with one attached hydrogen (secondary N) is 2. The average Bonchev–Trinajstić information content (AvgIpc) is 3.21. The Labute approximate surface area is 209 Å². The van der Waals surface area contributed by atoms with Gasteiger partial charge in [-0.3, -0.25) is 9.59 Å². The number of halogens is 1. The van der Waals surface area contributed by atoms with Gasteiger partial charge in [0.15, 0.2) is 11.0 Å². The fourth-order valence-electron chi connectivity index (χ4n) is 3.44. The number of aryl methyl sites for hydroxylation is 2. The van der Waals surface area contributed by atoms with E-state index in [1.165, 1.54) is 23.9 Å². The van der Waals surface area contributed by atoms with Crippen LogP contribution < -0.4 is 10.6 Å². The second-order valence-electron chi connectivity index (χ2n) is 8.60. The normalized spacial score (nSPS) is 11.8. The highest BCUT2D eigenvalue weighted by molar-refractivity contribution is 7.99. The summed E-state index contributed by atoms with van der Waals surface area (Å²) in [5.74, 6) is -0.213. The van der Waals surface area contributed by atoms with Crippen molar-refractivity contribution in [1.82, 2.24) is 20.1 Å². The van der Waals surface area contributed by atoms with Crippen LogP contribution in [0.3, 0.4) is 0 Å². The van der Waals surface area contributed by atoms with Gasteiger partial charge in [0.05, 0.1) is 11.8 Å². The van der Waals surface area contributed by atoms with Crippen molar-refractivity contribution in [3.63, 3.8) is 0 Å². The fourth-order valence-corrected chi connectivity index (χ4v) is 4.20. The zero-order valence-electron chi connectivity index (χ0n) is 20.3. The van der Waals surface area contributed by atoms with Crippen LogP contribution >= 0.6 is 11.8 Å². The molecule has 2 aromatic carbocycles. The number of anilines is 1. The number of nitrogens with zero attached hydrogens (tertiary/aromatic N) is 3. The summed E-state index contributed by atoms with van der Waals surface area (Å²) in [5, 5.41) is 15.0. The summed E-state index contributed by atoms with van der Waals surface area (Å²) in [6, 6.07) is 11.2. The second-order valence-corrected chi connectivity index (χ2v) is 9.54. The molecule has 0 saturated heterocycles. The number of allylic oxidation sites excluding steroid dienone is 1. The number of thioether (sulfide) groups is 1. The predicted molar refractivity (Wildman–Crippen MR) is 137 cm³/mol. The van der Waals surface area contributed by atoms with Crippen molar-refractivity contribution in [2.75, 3.05) is 11.1 Å². The molecule has 0 aliphatic rings. The van der Waals surface area contributed by atoms with Crippen molar-refractivity contribution in [1.29, 1.82) is 0 Å². The molecule has 3 aromatic rings. The molecule has 184 valence electrons. The van der Waals surface area contributed by atoms with E-state index in [-0.39, 0.29) is 23.5 Å². The van der Waals surface area contributed by atoms with E-state index >= 15 is 0 Å². The molecular formula is C26H30FN5O2S. The first kappa shape index (κ1) is 26.2. The maximum atomic E-state index is 13.5. The SMILES string of the molecule is C=CCn1c(SCC(=O)Nc2cc(F)ccc2C)nnc1[C@@H](NC(=O)c1ccc(C)cc1)C(C)C. The molecule has 0 aliphatic heterocycles. The van der Waals surface area contributed by atoms with Crippen molar-refractivity contribution < 1.29 is 14.0 Å². The molecule has 7 nitrogen and oxygen atoms in total. The fraction of sp³-hybridized carbons (Fsp3) is 0.308. The molecule has 1 atom stereocenters. The van der Waals surface area contributed by atoms with Crippen LogP contribution in [0.15, 0.2) is 60.3 Å². The number of benzene rings is 2. The molecule has 0 aliphatic carbocycles. The van der Waals surface area contributed by atoms with E-state index < -0.39 is 11.9 Å². The molecule has 1 heterocycles. The topological polar surface area (TPSA) is 88.9 Å². The number of rotatable bonds is 10. The average molecular weight is 496 g/mol. The van der Waals surface area contributed by atoms with Crippen molar-refractivity contribution in [3.05, 3.63) is 83.5 Å². The molecule has 0 bridgehead atoms. The summed E-state index contributed by atoms with van der Waals surface area (Å²) in [7, 11) is 0. The third-order valence-corrected chi connectivity index (χ3v) is 6.38. The van der Waals surface area contributed by atoms with Gasteiger partial charge in [-0.2, -0.15) is 0 Å². The molecule has 0 unspecified atom stereocenters. The molecule has 0 fully saturated rings. The summed E-state index contributed by atoms with van der Waals surface area (Å²) >= 11 is 1.21. The van der Waals surface area contributed by atoms with Crippen LogP contribution in [0.5, 0.6) is 0 Å². The maximum Gasteiger partial charge on any atom is 0.251 e. The van der Waals surface area contributed by atoms with Gasteiger partial charge in [0.1, 0.15) is 5.82 Å². The maximum absolute atomic E-state index is 13.5. The Morgan fingerprint density at radius 1 is 1.14 bits per heavy atom. The summed E-state index contributed by atoms with van der Waals surface area (Å²) in [6.45, 7) is 12.0. The predicted octanol–water partition coefficient (Wildman–Crippen LogP) is 5.08. The van der Waals surface area contributed by atoms with E-state index in [1.807, 2.05) is 37.5 Å². The van der Waals surface area contributed by atoms with Crippen LogP contribution in [0.1, 0.15) is 47.2 Å². The summed E-state index contributed by atoms with van der Waals surface area (Å²) in [5.41, 5.74) is 2.84. The van der Waals surface area contributed by atoms with Gasteiger partial charge in [0.2, 0.25) is 5.91 Å². The van der Waals surface area contributed by atoms with Gasteiger partial charge < -0.3 is 15.2 Å². The van der Waals surface area contributed by atoms with Gasteiger partial charge in [-0.1, -0.05) is 55.4 Å². The minimum absolute atomic E-state index is 0.0364. The Hall–Kier alpha value is -3.46. The highest BCUT2D eigenvalue weighted by atomic mass is 32.2. The molecule has 3 rings (SSSR count). The standard InChI is InChI=1S/C26H30FN5O2S/c1-6-13-32-24(23(16(2)3)29-25(34)19-10-7-17(4)8-11-19)30-31-26(32)35-15-22(33)28-21-14-20(27)12-9-18(21)5/h6-12,14,16,23H,1,13,15H2,2-5H3,(H,28,33)(H,29,34)/t23-/m0/s1. The smallest absolute Gasteiger partial charge is 0.251 e. The molecule has 9 heteroatoms. The molecule has 0 spiro atoms. The molecule has 2 N–H and O–H groups in total. The number of carbonyl (C=O) groups is 2. The molecule has 0 saturated carbocycles. The third-order valence-electron chi connectivity index (χ3n) is 5.41. The number of hydrogen-bond donors (Lipinski definition) is 2. The van der Waals surface area contributed by atoms with Crippen molar-refractivity contribution in [3.8, 4) is 0 Å². The van der Waals surface area contributed by atoms with Crippen molar-refractivity contribution >= 4 is 29.3 Å². The van der Waals surface area contributed by atoms with Crippen LogP contribution in [0.4, 0.5) is 10.1 Å². The lowest BCUT2D eigenvalue weighted by Gasteiger charge is -2.22. The monoisotopic (exact) mass is 495 g/mol. The molecular weight excluding hydrogens is 465 g/mol. The largest absolute Gasteiger partial charge is 0.342 e. The van der Waals surface area contributed by atoms with Crippen LogP contribution in [0.25, 0.3) is 0 Å². The van der Waals surface area contributed by atoms with Crippen molar-refractivity contribution in [2.24, 2.45) is 5.92 Å². The first-order valence-corrected chi connectivity index (χ1v) is 12.3. The molecule has 1 aromatic heterocycles. The van der Waals surface area contributed by atoms with Crippen LogP contribution in [0.2, 0.25) is 0 Å². The quantitative estimate of drug-likeness (QED) is 0.303. The van der Waals surface area contributed by atoms with E-state index in [2.05, 4.69) is 27.4 Å². The van der Waals surface area contributed by atoms with E-state index in [0.29, 0.717) is 28.8 Å². The lowest BCUT2D eigenvalue weighted by molar-refractivity contribution is -0.113. The summed E-state index contributed by atoms with van der Waals surface area (Å²) < 4.78 is 15.4. The number of hydrogen-bond acceptors (Lipinski definition) is 5. The van der Waals surface area contributed by atoms with Gasteiger partial charge in [-0.05, 0) is 49.6 Å². The highest BCUT2D eigenvalue weighted by Gasteiger charge is 2.26. The molecule has 2 amide bonds. The first-order valence-electron chi connectivity index (χ1n) is 11.3. The second kappa shape index (κ2) is 11.8. The first-order chi connectivity index (χ1) is 16.7. The Bertz CT molecular complexity index is 1210. The lowest BCUT2D eigenvalue weighted by atomic mass is 10.0. The Balaban J connectivity index is 1.75. The van der Waals surface area contributed by atoms with Crippen LogP contribution in [0, 0.1) is 25.6 Å². The summed E-state index contributed by atoms with van der Waals surface area (Å²) in [6.07, 6.45) is 1.71. The van der Waals surface area contributed by atoms with E-state index in [1.54, 1.807) is 31.2 Å². The Morgan fingerprint density at radius 3 is 2.51 bits per heavy atom. The van der Waals surface area contributed by atoms with Crippen molar-refractivity contribution in [2.45, 2.75) is 45.4 Å². The molecule has 0 radical (unpaired) electrons. The summed E-state index contributed by atoms with van der Waals surface area (Å²) in [4.78, 5) is 25.4. The Kier molecular flexibility index (Phi) is 8.81. The van der Waals surface area contributed by atoms with Crippen LogP contribution in [-0.2, 0) is 11.3 Å². The van der Waals surface area contributed by atoms with Gasteiger partial charge in [-0.25, -0.2) is 4.39 Å². The lowest BCUT2D eigenvalue weighted by Crippen LogP contribution is -2.33. The third kappa shape index (κ3) is 6.79. The zero-order valence-corrected chi connectivity index (χ0v) is 21.2. The van der Waals surface area contributed by atoms with Gasteiger partial charge >= 0.3 is 0 Å². The van der Waals surface area contributed by atoms with Gasteiger partial charge in [0, 0.05) is 17.8 Å². The number of amides is 2. The van der Waals surface area contributed by atoms with Crippen LogP contribution in [-0.4, -0.2) is 32.3 Å². The number of carbonyl (C=O) groups excluding carboxylic acids is 2. The minimum Gasteiger partial charge on any atom is -0.342 e. The van der Waals surface area contributed by atoms with Gasteiger partial charge in [-0.15, -0.1) is 16.8 Å². The Morgan fingerprint density at radius 2 is 1.86 bits per heavy atom.